The van der Waals surface area contributed by atoms with Crippen molar-refractivity contribution in [3.63, 3.8) is 0 Å². The summed E-state index contributed by atoms with van der Waals surface area (Å²) in [6, 6.07) is 1.87. The van der Waals surface area contributed by atoms with Gasteiger partial charge in [0, 0.05) is 44.3 Å². The molecule has 1 aliphatic rings. The third-order valence-corrected chi connectivity index (χ3v) is 5.76. The van der Waals surface area contributed by atoms with Crippen molar-refractivity contribution in [3.05, 3.63) is 38.8 Å². The number of H-pyrrole nitrogens is 1. The minimum Gasteiger partial charge on any atom is -0.378 e. The Morgan fingerprint density at radius 3 is 2.79 bits per heavy atom. The quantitative estimate of drug-likeness (QED) is 0.351. The molecule has 0 saturated carbocycles. The number of aromatic amines is 1. The Balaban J connectivity index is 1.61. The van der Waals surface area contributed by atoms with Crippen LogP contribution in [0.3, 0.4) is 0 Å². The Labute approximate surface area is 170 Å². The molecule has 3 aromatic rings. The normalized spacial score (nSPS) is 14.6. The zero-order valence-electron chi connectivity index (χ0n) is 16.4. The van der Waals surface area contributed by atoms with Crippen LogP contribution in [-0.4, -0.2) is 61.1 Å². The van der Waals surface area contributed by atoms with Gasteiger partial charge in [-0.25, -0.2) is 14.8 Å². The summed E-state index contributed by atoms with van der Waals surface area (Å²) in [5.74, 6) is 1.50. The van der Waals surface area contributed by atoms with E-state index in [1.807, 2.05) is 17.6 Å². The Kier molecular flexibility index (Phi) is 5.67. The maximum atomic E-state index is 12.6. The van der Waals surface area contributed by atoms with E-state index >= 15 is 0 Å². The molecule has 154 valence electrons. The lowest BCUT2D eigenvalue weighted by Gasteiger charge is -2.28. The highest BCUT2D eigenvalue weighted by molar-refractivity contribution is 7.99. The first kappa shape index (κ1) is 19.6. The molecule has 0 atom stereocenters. The second kappa shape index (κ2) is 8.37. The van der Waals surface area contributed by atoms with E-state index in [-0.39, 0.29) is 0 Å². The van der Waals surface area contributed by atoms with Gasteiger partial charge in [-0.05, 0) is 19.4 Å². The molecule has 0 bridgehead atoms. The topological polar surface area (TPSA) is 111 Å². The van der Waals surface area contributed by atoms with Gasteiger partial charge in [0.25, 0.3) is 5.56 Å². The molecule has 3 aromatic heterocycles. The van der Waals surface area contributed by atoms with Gasteiger partial charge in [-0.15, -0.1) is 0 Å². The Bertz CT molecular complexity index is 1130. The summed E-state index contributed by atoms with van der Waals surface area (Å²) in [5.41, 5.74) is 0.878. The van der Waals surface area contributed by atoms with Crippen LogP contribution < -0.4 is 16.1 Å². The van der Waals surface area contributed by atoms with Crippen LogP contribution in [-0.2, 0) is 18.3 Å². The standard InChI is InChI=1S/C18H23N7O3S/c1-12-4-5-19-16(20-12)29-11-3-6-25-13-14(23(2)18(27)22-15(13)26)21-17(25)24-7-9-28-10-8-24/h4-5H,3,6-11H2,1-2H3,(H,22,26,27). The first-order chi connectivity index (χ1) is 14.0. The zero-order valence-corrected chi connectivity index (χ0v) is 17.2. The molecule has 4 rings (SSSR count). The third kappa shape index (κ3) is 4.06. The number of thioether (sulfide) groups is 1. The van der Waals surface area contributed by atoms with Crippen molar-refractivity contribution >= 4 is 28.9 Å². The molecular formula is C18H23N7O3S. The molecule has 0 radical (unpaired) electrons. The number of aryl methyl sites for hydroxylation is 3. The van der Waals surface area contributed by atoms with Crippen LogP contribution in [0.2, 0.25) is 0 Å². The number of fused-ring (bicyclic) bond motifs is 1. The van der Waals surface area contributed by atoms with Crippen LogP contribution in [0.15, 0.2) is 27.0 Å². The molecule has 0 spiro atoms. The van der Waals surface area contributed by atoms with Gasteiger partial charge in [0.1, 0.15) is 0 Å². The van der Waals surface area contributed by atoms with E-state index in [0.717, 1.165) is 23.0 Å². The van der Waals surface area contributed by atoms with Gasteiger partial charge in [0.05, 0.1) is 13.2 Å². The van der Waals surface area contributed by atoms with Crippen molar-refractivity contribution in [1.82, 2.24) is 29.1 Å². The number of aromatic nitrogens is 6. The van der Waals surface area contributed by atoms with Gasteiger partial charge in [0.15, 0.2) is 16.3 Å². The molecule has 10 nitrogen and oxygen atoms in total. The average Bonchev–Trinajstić information content (AvgIpc) is 3.10. The SMILES string of the molecule is Cc1ccnc(SCCCn2c(N3CCOCC3)nc3c2c(=O)[nH]c(=O)n3C)n1. The predicted octanol–water partition coefficient (Wildman–Crippen LogP) is 0.541. The van der Waals surface area contributed by atoms with E-state index in [4.69, 9.17) is 4.74 Å². The zero-order chi connectivity index (χ0) is 20.4. The number of imidazole rings is 1. The van der Waals surface area contributed by atoms with Crippen LogP contribution in [0.1, 0.15) is 12.1 Å². The van der Waals surface area contributed by atoms with Gasteiger partial charge in [-0.2, -0.15) is 4.98 Å². The maximum Gasteiger partial charge on any atom is 0.329 e. The first-order valence-corrected chi connectivity index (χ1v) is 10.5. The summed E-state index contributed by atoms with van der Waals surface area (Å²) in [6.45, 7) is 5.15. The summed E-state index contributed by atoms with van der Waals surface area (Å²) in [5, 5.41) is 0.745. The van der Waals surface area contributed by atoms with E-state index in [1.165, 1.54) is 4.57 Å². The van der Waals surface area contributed by atoms with Gasteiger partial charge < -0.3 is 14.2 Å². The van der Waals surface area contributed by atoms with E-state index in [2.05, 4.69) is 24.8 Å². The molecule has 0 unspecified atom stereocenters. The smallest absolute Gasteiger partial charge is 0.329 e. The molecule has 0 amide bonds. The van der Waals surface area contributed by atoms with Gasteiger partial charge >= 0.3 is 5.69 Å². The summed E-state index contributed by atoms with van der Waals surface area (Å²) in [4.78, 5) is 42.4. The highest BCUT2D eigenvalue weighted by atomic mass is 32.2. The van der Waals surface area contributed by atoms with Crippen molar-refractivity contribution < 1.29 is 4.74 Å². The lowest BCUT2D eigenvalue weighted by molar-refractivity contribution is 0.121. The van der Waals surface area contributed by atoms with Crippen molar-refractivity contribution in [2.75, 3.05) is 37.0 Å². The lowest BCUT2D eigenvalue weighted by atomic mass is 10.4. The molecule has 0 aliphatic carbocycles. The predicted molar refractivity (Wildman–Crippen MR) is 111 cm³/mol. The minimum atomic E-state index is -0.465. The summed E-state index contributed by atoms with van der Waals surface area (Å²) >= 11 is 1.58. The number of hydrogen-bond acceptors (Lipinski definition) is 8. The minimum absolute atomic E-state index is 0.398. The fraction of sp³-hybridized carbons (Fsp3) is 0.500. The Morgan fingerprint density at radius 1 is 1.24 bits per heavy atom. The average molecular weight is 417 g/mol. The Hall–Kier alpha value is -2.66. The largest absolute Gasteiger partial charge is 0.378 e. The fourth-order valence-electron chi connectivity index (χ4n) is 3.32. The molecular weight excluding hydrogens is 394 g/mol. The highest BCUT2D eigenvalue weighted by Crippen LogP contribution is 2.22. The van der Waals surface area contributed by atoms with E-state index in [0.29, 0.717) is 50.0 Å². The highest BCUT2D eigenvalue weighted by Gasteiger charge is 2.22. The number of hydrogen-bond donors (Lipinski definition) is 1. The summed E-state index contributed by atoms with van der Waals surface area (Å²) in [6.07, 6.45) is 2.55. The van der Waals surface area contributed by atoms with E-state index < -0.39 is 11.2 Å². The second-order valence-corrected chi connectivity index (χ2v) is 7.90. The van der Waals surface area contributed by atoms with E-state index in [9.17, 15) is 9.59 Å². The molecule has 4 heterocycles. The second-order valence-electron chi connectivity index (χ2n) is 6.84. The van der Waals surface area contributed by atoms with Crippen molar-refractivity contribution in [2.24, 2.45) is 7.05 Å². The van der Waals surface area contributed by atoms with Crippen LogP contribution in [0.4, 0.5) is 5.95 Å². The van der Waals surface area contributed by atoms with Crippen molar-refractivity contribution in [3.8, 4) is 0 Å². The molecule has 1 aliphatic heterocycles. The van der Waals surface area contributed by atoms with Crippen LogP contribution in [0, 0.1) is 6.92 Å². The molecule has 1 N–H and O–H groups in total. The fourth-order valence-corrected chi connectivity index (χ4v) is 4.12. The number of nitrogens with one attached hydrogen (secondary N) is 1. The van der Waals surface area contributed by atoms with Crippen molar-refractivity contribution in [2.45, 2.75) is 25.0 Å². The van der Waals surface area contributed by atoms with Gasteiger partial charge in [0.2, 0.25) is 5.95 Å². The first-order valence-electron chi connectivity index (χ1n) is 9.49. The Morgan fingerprint density at radius 2 is 2.03 bits per heavy atom. The number of morpholine rings is 1. The van der Waals surface area contributed by atoms with Crippen LogP contribution in [0.25, 0.3) is 11.2 Å². The monoisotopic (exact) mass is 417 g/mol. The summed E-state index contributed by atoms with van der Waals surface area (Å²) < 4.78 is 8.73. The van der Waals surface area contributed by atoms with E-state index in [1.54, 1.807) is 25.0 Å². The number of nitrogens with zero attached hydrogens (tertiary/aromatic N) is 6. The third-order valence-electron chi connectivity index (χ3n) is 4.81. The molecule has 0 aromatic carbocycles. The molecule has 1 saturated heterocycles. The molecule has 11 heteroatoms. The summed E-state index contributed by atoms with van der Waals surface area (Å²) in [7, 11) is 1.62. The maximum absolute atomic E-state index is 12.6. The van der Waals surface area contributed by atoms with Crippen LogP contribution >= 0.6 is 11.8 Å². The number of anilines is 1. The molecule has 1 fully saturated rings. The van der Waals surface area contributed by atoms with Gasteiger partial charge in [-0.1, -0.05) is 11.8 Å². The van der Waals surface area contributed by atoms with Crippen LogP contribution in [0.5, 0.6) is 0 Å². The lowest BCUT2D eigenvalue weighted by Crippen LogP contribution is -2.38. The van der Waals surface area contributed by atoms with Crippen molar-refractivity contribution in [1.29, 1.82) is 0 Å². The number of rotatable bonds is 6. The number of ether oxygens (including phenoxy) is 1. The molecule has 29 heavy (non-hydrogen) atoms. The van der Waals surface area contributed by atoms with Gasteiger partial charge in [-0.3, -0.25) is 14.3 Å².